The van der Waals surface area contributed by atoms with Crippen LogP contribution in [0.3, 0.4) is 0 Å². The molecule has 0 spiro atoms. The Balaban J connectivity index is 1.95. The molecule has 3 rings (SSSR count). The second-order valence-electron chi connectivity index (χ2n) is 4.79. The van der Waals surface area contributed by atoms with Crippen LogP contribution in [0.15, 0.2) is 36.5 Å². The van der Waals surface area contributed by atoms with E-state index in [-0.39, 0.29) is 0 Å². The van der Waals surface area contributed by atoms with E-state index in [9.17, 15) is 0 Å². The molecule has 0 atom stereocenters. The third kappa shape index (κ3) is 2.69. The number of rotatable bonds is 4. The van der Waals surface area contributed by atoms with Crippen LogP contribution in [0.5, 0.6) is 0 Å². The first kappa shape index (κ1) is 13.8. The first-order chi connectivity index (χ1) is 10.2. The molecule has 0 radical (unpaired) electrons. The number of anilines is 1. The fourth-order valence-electron chi connectivity index (χ4n) is 2.30. The van der Waals surface area contributed by atoms with Crippen LogP contribution in [0.1, 0.15) is 12.7 Å². The smallest absolute Gasteiger partial charge is 0.162 e. The monoisotopic (exact) mass is 301 g/mol. The van der Waals surface area contributed by atoms with E-state index in [4.69, 9.17) is 11.6 Å². The van der Waals surface area contributed by atoms with Crippen LogP contribution in [0.25, 0.3) is 11.0 Å². The Kier molecular flexibility index (Phi) is 3.75. The summed E-state index contributed by atoms with van der Waals surface area (Å²) in [5.74, 6) is 0.696. The number of para-hydroxylation sites is 1. The number of halogens is 1. The lowest BCUT2D eigenvalue weighted by atomic mass is 10.3. The fourth-order valence-corrected chi connectivity index (χ4v) is 2.53. The van der Waals surface area contributed by atoms with Gasteiger partial charge in [0.2, 0.25) is 0 Å². The molecular weight excluding hydrogens is 286 g/mol. The number of aryl methyl sites for hydroxylation is 1. The van der Waals surface area contributed by atoms with E-state index >= 15 is 0 Å². The van der Waals surface area contributed by atoms with Gasteiger partial charge in [-0.3, -0.25) is 4.68 Å². The summed E-state index contributed by atoms with van der Waals surface area (Å²) in [7, 11) is 1.85. The van der Waals surface area contributed by atoms with E-state index in [1.54, 1.807) is 10.9 Å². The van der Waals surface area contributed by atoms with Gasteiger partial charge in [0.25, 0.3) is 0 Å². The maximum Gasteiger partial charge on any atom is 0.162 e. The van der Waals surface area contributed by atoms with E-state index in [1.807, 2.05) is 25.2 Å². The van der Waals surface area contributed by atoms with Gasteiger partial charge in [-0.25, -0.2) is 9.97 Å². The molecule has 0 aliphatic carbocycles. The van der Waals surface area contributed by atoms with E-state index in [0.717, 1.165) is 23.3 Å². The molecule has 0 aliphatic rings. The Morgan fingerprint density at radius 2 is 1.95 bits per heavy atom. The zero-order valence-electron chi connectivity index (χ0n) is 12.0. The Bertz CT molecular complexity index is 753. The molecule has 108 valence electrons. The van der Waals surface area contributed by atoms with Gasteiger partial charge in [0.15, 0.2) is 11.5 Å². The summed E-state index contributed by atoms with van der Waals surface area (Å²) in [5.41, 5.74) is 1.90. The second kappa shape index (κ2) is 5.69. The first-order valence-corrected chi connectivity index (χ1v) is 7.21. The Morgan fingerprint density at radius 1 is 1.19 bits per heavy atom. The average molecular weight is 302 g/mol. The summed E-state index contributed by atoms with van der Waals surface area (Å²) in [5, 5.41) is 5.41. The highest BCUT2D eigenvalue weighted by atomic mass is 35.5. The van der Waals surface area contributed by atoms with Gasteiger partial charge in [0.1, 0.15) is 5.15 Å². The van der Waals surface area contributed by atoms with Crippen molar-refractivity contribution in [2.24, 2.45) is 7.05 Å². The first-order valence-electron chi connectivity index (χ1n) is 6.83. The van der Waals surface area contributed by atoms with E-state index < -0.39 is 0 Å². The standard InChI is InChI=1S/C15H16ClN5/c1-3-21(11-7-5-4-6-8-11)10-13-18-14(16)12-9-17-20(2)15(12)19-13/h4-9H,3,10H2,1-2H3. The van der Waals surface area contributed by atoms with Crippen molar-refractivity contribution in [2.45, 2.75) is 13.5 Å². The summed E-state index contributed by atoms with van der Waals surface area (Å²) >= 11 is 6.23. The van der Waals surface area contributed by atoms with Crippen molar-refractivity contribution in [1.29, 1.82) is 0 Å². The van der Waals surface area contributed by atoms with Crippen LogP contribution < -0.4 is 4.90 Å². The molecule has 0 saturated carbocycles. The quantitative estimate of drug-likeness (QED) is 0.695. The van der Waals surface area contributed by atoms with Crippen molar-refractivity contribution in [1.82, 2.24) is 19.7 Å². The Morgan fingerprint density at radius 3 is 2.67 bits per heavy atom. The summed E-state index contributed by atoms with van der Waals surface area (Å²) in [6.07, 6.45) is 1.69. The number of nitrogens with zero attached hydrogens (tertiary/aromatic N) is 5. The summed E-state index contributed by atoms with van der Waals surface area (Å²) in [6.45, 7) is 3.59. The van der Waals surface area contributed by atoms with Gasteiger partial charge in [-0.2, -0.15) is 5.10 Å². The lowest BCUT2D eigenvalue weighted by molar-refractivity contribution is 0.759. The number of hydrogen-bond donors (Lipinski definition) is 0. The molecule has 0 aliphatic heterocycles. The van der Waals surface area contributed by atoms with Gasteiger partial charge in [0, 0.05) is 19.3 Å². The van der Waals surface area contributed by atoms with Gasteiger partial charge in [-0.05, 0) is 19.1 Å². The molecule has 0 saturated heterocycles. The molecule has 0 unspecified atom stereocenters. The van der Waals surface area contributed by atoms with Crippen molar-refractivity contribution in [3.8, 4) is 0 Å². The van der Waals surface area contributed by atoms with Gasteiger partial charge >= 0.3 is 0 Å². The topological polar surface area (TPSA) is 46.8 Å². The summed E-state index contributed by atoms with van der Waals surface area (Å²) in [4.78, 5) is 11.2. The van der Waals surface area contributed by atoms with E-state index in [0.29, 0.717) is 17.5 Å². The summed E-state index contributed by atoms with van der Waals surface area (Å²) < 4.78 is 1.71. The highest BCUT2D eigenvalue weighted by Crippen LogP contribution is 2.21. The normalized spacial score (nSPS) is 11.0. The SMILES string of the molecule is CCN(Cc1nc(Cl)c2cnn(C)c2n1)c1ccccc1. The van der Waals surface area contributed by atoms with Crippen LogP contribution in [-0.2, 0) is 13.6 Å². The maximum absolute atomic E-state index is 6.23. The third-order valence-corrected chi connectivity index (χ3v) is 3.72. The largest absolute Gasteiger partial charge is 0.364 e. The fraction of sp³-hybridized carbons (Fsp3) is 0.267. The Hall–Kier alpha value is -2.14. The van der Waals surface area contributed by atoms with Crippen LogP contribution in [-0.4, -0.2) is 26.3 Å². The predicted molar refractivity (Wildman–Crippen MR) is 84.5 cm³/mol. The van der Waals surface area contributed by atoms with Crippen molar-refractivity contribution in [3.63, 3.8) is 0 Å². The molecule has 6 heteroatoms. The van der Waals surface area contributed by atoms with Gasteiger partial charge < -0.3 is 4.90 Å². The van der Waals surface area contributed by atoms with Crippen LogP contribution in [0.4, 0.5) is 5.69 Å². The van der Waals surface area contributed by atoms with Crippen molar-refractivity contribution in [3.05, 3.63) is 47.5 Å². The highest BCUT2D eigenvalue weighted by molar-refractivity contribution is 6.33. The molecule has 21 heavy (non-hydrogen) atoms. The lowest BCUT2D eigenvalue weighted by Crippen LogP contribution is -2.23. The minimum absolute atomic E-state index is 0.451. The number of hydrogen-bond acceptors (Lipinski definition) is 4. The number of benzene rings is 1. The third-order valence-electron chi connectivity index (χ3n) is 3.43. The minimum atomic E-state index is 0.451. The molecular formula is C15H16ClN5. The predicted octanol–water partition coefficient (Wildman–Crippen LogP) is 3.04. The van der Waals surface area contributed by atoms with Crippen LogP contribution in [0, 0.1) is 0 Å². The minimum Gasteiger partial charge on any atom is -0.364 e. The van der Waals surface area contributed by atoms with Gasteiger partial charge in [-0.1, -0.05) is 29.8 Å². The molecule has 0 bridgehead atoms. The second-order valence-corrected chi connectivity index (χ2v) is 5.14. The lowest BCUT2D eigenvalue weighted by Gasteiger charge is -2.22. The average Bonchev–Trinajstić information content (AvgIpc) is 2.88. The molecule has 5 nitrogen and oxygen atoms in total. The van der Waals surface area contributed by atoms with Crippen molar-refractivity contribution >= 4 is 28.3 Å². The highest BCUT2D eigenvalue weighted by Gasteiger charge is 2.12. The molecule has 0 amide bonds. The van der Waals surface area contributed by atoms with Crippen LogP contribution >= 0.6 is 11.6 Å². The number of fused-ring (bicyclic) bond motifs is 1. The van der Waals surface area contributed by atoms with Gasteiger partial charge in [0.05, 0.1) is 18.1 Å². The molecule has 1 aromatic carbocycles. The maximum atomic E-state index is 6.23. The van der Waals surface area contributed by atoms with Crippen molar-refractivity contribution in [2.75, 3.05) is 11.4 Å². The Labute approximate surface area is 128 Å². The molecule has 0 N–H and O–H groups in total. The molecule has 2 aromatic heterocycles. The molecule has 3 aromatic rings. The van der Waals surface area contributed by atoms with E-state index in [2.05, 4.69) is 39.0 Å². The van der Waals surface area contributed by atoms with Crippen LogP contribution in [0.2, 0.25) is 5.15 Å². The summed E-state index contributed by atoms with van der Waals surface area (Å²) in [6, 6.07) is 10.2. The molecule has 2 heterocycles. The van der Waals surface area contributed by atoms with Crippen molar-refractivity contribution < 1.29 is 0 Å². The molecule has 0 fully saturated rings. The number of aromatic nitrogens is 4. The van der Waals surface area contributed by atoms with E-state index in [1.165, 1.54) is 0 Å². The zero-order chi connectivity index (χ0) is 14.8. The zero-order valence-corrected chi connectivity index (χ0v) is 12.7. The van der Waals surface area contributed by atoms with Gasteiger partial charge in [-0.15, -0.1) is 0 Å².